The molecule has 0 radical (unpaired) electrons. The van der Waals surface area contributed by atoms with Crippen molar-refractivity contribution < 1.29 is 28.7 Å². The Morgan fingerprint density at radius 1 is 0.683 bits per heavy atom. The van der Waals surface area contributed by atoms with Gasteiger partial charge in [-0.05, 0) is 86.3 Å². The van der Waals surface area contributed by atoms with Crippen LogP contribution in [0.4, 0.5) is 5.69 Å². The van der Waals surface area contributed by atoms with Crippen LogP contribution in [0.1, 0.15) is 113 Å². The summed E-state index contributed by atoms with van der Waals surface area (Å²) in [5.41, 5.74) is 7.90. The number of para-hydroxylation sites is 3. The molecule has 11 heteroatoms. The number of methoxy groups -OCH3 is 2. The molecule has 5 aliphatic rings. The molecule has 2 unspecified atom stereocenters. The molecule has 5 aromatic rings. The molecule has 3 aromatic carbocycles. The van der Waals surface area contributed by atoms with Crippen LogP contribution < -0.4 is 5.32 Å². The van der Waals surface area contributed by atoms with Gasteiger partial charge in [-0.25, -0.2) is 9.59 Å². The van der Waals surface area contributed by atoms with Crippen molar-refractivity contribution in [1.29, 1.82) is 0 Å². The highest BCUT2D eigenvalue weighted by atomic mass is 16.5. The van der Waals surface area contributed by atoms with Crippen molar-refractivity contribution in [2.75, 3.05) is 32.6 Å². The van der Waals surface area contributed by atoms with E-state index in [0.717, 1.165) is 88.5 Å². The average Bonchev–Trinajstić information content (AvgIpc) is 3.82. The Hall–Kier alpha value is -6.10. The fourth-order valence-electron chi connectivity index (χ4n) is 12.7. The van der Waals surface area contributed by atoms with Gasteiger partial charge in [-0.15, -0.1) is 0 Å². The number of aromatic nitrogens is 2. The largest absolute Gasteiger partial charge is 0.465 e. The Kier molecular flexibility index (Phi) is 9.95. The fraction of sp³-hybridized carbons (Fsp3) is 0.423. The number of benzene rings is 3. The molecule has 2 fully saturated rings. The van der Waals surface area contributed by atoms with Gasteiger partial charge in [0.15, 0.2) is 0 Å². The molecule has 2 aromatic heterocycles. The number of carbonyl (C=O) groups excluding carboxylic acids is 4. The zero-order valence-electron chi connectivity index (χ0n) is 37.2. The van der Waals surface area contributed by atoms with E-state index in [1.807, 2.05) is 28.0 Å². The Labute approximate surface area is 368 Å². The van der Waals surface area contributed by atoms with Crippen LogP contribution in [-0.2, 0) is 41.5 Å². The Morgan fingerprint density at radius 2 is 1.19 bits per heavy atom. The molecule has 5 aliphatic heterocycles. The number of esters is 2. The highest BCUT2D eigenvalue weighted by Gasteiger charge is 2.53. The lowest BCUT2D eigenvalue weighted by Crippen LogP contribution is -2.52. The topological polar surface area (TPSA) is 115 Å². The van der Waals surface area contributed by atoms with Gasteiger partial charge in [-0.3, -0.25) is 9.59 Å². The van der Waals surface area contributed by atoms with E-state index >= 15 is 0 Å². The first-order valence-electron chi connectivity index (χ1n) is 22.8. The molecule has 10 rings (SSSR count). The summed E-state index contributed by atoms with van der Waals surface area (Å²) in [6.45, 7) is 8.89. The van der Waals surface area contributed by atoms with E-state index in [0.29, 0.717) is 37.1 Å². The Balaban J connectivity index is 1.24. The summed E-state index contributed by atoms with van der Waals surface area (Å²) < 4.78 is 15.8. The van der Waals surface area contributed by atoms with Gasteiger partial charge in [0, 0.05) is 66.2 Å². The zero-order chi connectivity index (χ0) is 43.9. The molecule has 2 amide bonds. The second-order valence-corrected chi connectivity index (χ2v) is 18.4. The molecule has 0 bridgehead atoms. The molecule has 326 valence electrons. The molecule has 7 heterocycles. The summed E-state index contributed by atoms with van der Waals surface area (Å²) in [5.74, 6) is -0.949. The van der Waals surface area contributed by atoms with Crippen LogP contribution in [0.25, 0.3) is 33.0 Å². The molecule has 0 spiro atoms. The van der Waals surface area contributed by atoms with Crippen molar-refractivity contribution in [2.45, 2.75) is 103 Å². The molecular weight excluding hydrogens is 791 g/mol. The number of nitrogens with one attached hydrogen (secondary N) is 1. The lowest BCUT2D eigenvalue weighted by Gasteiger charge is -2.52. The standard InChI is InChI=1S/C52H57N5O6/c1-7-51-23-15-25-54(31(3)58)49(51)56-42-21-13-10-18-34(42)36(45(56)38(29-51)47(60)62-5)28-41-37(27-33-17-9-12-20-40(33)53-41)44-35-19-11-14-22-43(35)57-46(44)39(48(61)63-6)30-52(8-2)24-16-26-55(32(4)59)50(52)57/h9-14,17-22,29-30,37,41,49-50,53H,7-8,15-16,23-28H2,1-6H3/t37?,41?,49-,50-,51+,52+/m1/s1. The van der Waals surface area contributed by atoms with E-state index < -0.39 is 22.8 Å². The van der Waals surface area contributed by atoms with Gasteiger partial charge in [0.25, 0.3) is 0 Å². The van der Waals surface area contributed by atoms with Gasteiger partial charge >= 0.3 is 11.9 Å². The number of nitrogens with zero attached hydrogens (tertiary/aromatic N) is 4. The number of likely N-dealkylation sites (tertiary alicyclic amines) is 2. The number of carbonyl (C=O) groups is 4. The van der Waals surface area contributed by atoms with Crippen molar-refractivity contribution in [2.24, 2.45) is 10.8 Å². The van der Waals surface area contributed by atoms with Crippen molar-refractivity contribution in [3.63, 3.8) is 0 Å². The number of ether oxygens (including phenoxy) is 2. The number of hydrogen-bond acceptors (Lipinski definition) is 7. The van der Waals surface area contributed by atoms with Crippen LogP contribution in [-0.4, -0.2) is 76.0 Å². The highest BCUT2D eigenvalue weighted by molar-refractivity contribution is 6.19. The summed E-state index contributed by atoms with van der Waals surface area (Å²) in [4.78, 5) is 59.8. The monoisotopic (exact) mass is 847 g/mol. The molecule has 2 saturated heterocycles. The van der Waals surface area contributed by atoms with Gasteiger partial charge in [0.2, 0.25) is 11.8 Å². The van der Waals surface area contributed by atoms with Crippen LogP contribution in [0.15, 0.2) is 84.9 Å². The van der Waals surface area contributed by atoms with Gasteiger partial charge in [-0.2, -0.15) is 0 Å². The Bertz CT molecular complexity index is 2790. The smallest absolute Gasteiger partial charge is 0.339 e. The van der Waals surface area contributed by atoms with E-state index in [1.165, 1.54) is 19.8 Å². The van der Waals surface area contributed by atoms with Crippen LogP contribution in [0.5, 0.6) is 0 Å². The van der Waals surface area contributed by atoms with Crippen molar-refractivity contribution in [1.82, 2.24) is 18.9 Å². The molecule has 0 aliphatic carbocycles. The summed E-state index contributed by atoms with van der Waals surface area (Å²) >= 11 is 0. The third-order valence-corrected chi connectivity index (χ3v) is 15.5. The quantitative estimate of drug-likeness (QED) is 0.163. The molecular formula is C52H57N5O6. The molecule has 11 nitrogen and oxygen atoms in total. The summed E-state index contributed by atoms with van der Waals surface area (Å²) in [5, 5.41) is 6.07. The second-order valence-electron chi connectivity index (χ2n) is 18.4. The molecule has 0 saturated carbocycles. The van der Waals surface area contributed by atoms with Crippen LogP contribution in [0.3, 0.4) is 0 Å². The Morgan fingerprint density at radius 3 is 1.76 bits per heavy atom. The third-order valence-electron chi connectivity index (χ3n) is 15.5. The second kappa shape index (κ2) is 15.3. The van der Waals surface area contributed by atoms with Crippen molar-refractivity contribution in [3.8, 4) is 0 Å². The van der Waals surface area contributed by atoms with E-state index in [9.17, 15) is 19.2 Å². The lowest BCUT2D eigenvalue weighted by atomic mass is 9.70. The average molecular weight is 848 g/mol. The number of rotatable bonds is 7. The maximum atomic E-state index is 14.3. The number of hydrogen-bond donors (Lipinski definition) is 1. The van der Waals surface area contributed by atoms with Crippen LogP contribution in [0.2, 0.25) is 0 Å². The summed E-state index contributed by atoms with van der Waals surface area (Å²) in [7, 11) is 2.89. The minimum absolute atomic E-state index is 0.0107. The maximum absolute atomic E-state index is 14.3. The van der Waals surface area contributed by atoms with Gasteiger partial charge < -0.3 is 33.7 Å². The number of amides is 2. The first-order valence-corrected chi connectivity index (χ1v) is 22.8. The maximum Gasteiger partial charge on any atom is 0.339 e. The molecule has 6 atom stereocenters. The zero-order valence-corrected chi connectivity index (χ0v) is 37.2. The first kappa shape index (κ1) is 40.9. The first-order chi connectivity index (χ1) is 30.5. The SMILES string of the molecule is CC[C@]12C=C(C(=O)OC)c3c(CC4Nc5ccccc5CC4c4c5n(c6ccccc46)[C@H]4N(C(C)=O)CCC[C@@]4(CC)C=C5C(=O)OC)c4ccccc4n3[C@H]1N(C(C)=O)CCC2. The highest BCUT2D eigenvalue weighted by Crippen LogP contribution is 2.58. The predicted molar refractivity (Wildman–Crippen MR) is 245 cm³/mol. The van der Waals surface area contributed by atoms with Crippen molar-refractivity contribution >= 4 is 62.4 Å². The van der Waals surface area contributed by atoms with E-state index in [2.05, 4.69) is 95.0 Å². The number of fused-ring (bicyclic) bond motifs is 11. The van der Waals surface area contributed by atoms with E-state index in [1.54, 1.807) is 13.8 Å². The minimum Gasteiger partial charge on any atom is -0.465 e. The van der Waals surface area contributed by atoms with Crippen LogP contribution in [0, 0.1) is 10.8 Å². The van der Waals surface area contributed by atoms with Crippen LogP contribution >= 0.6 is 0 Å². The van der Waals surface area contributed by atoms with Gasteiger partial charge in [0.05, 0.1) is 47.8 Å². The summed E-state index contributed by atoms with van der Waals surface area (Å²) in [6, 6.07) is 24.9. The van der Waals surface area contributed by atoms with Crippen molar-refractivity contribution in [3.05, 3.63) is 113 Å². The fourth-order valence-corrected chi connectivity index (χ4v) is 12.7. The van der Waals surface area contributed by atoms with E-state index in [-0.39, 0.29) is 36.1 Å². The van der Waals surface area contributed by atoms with Gasteiger partial charge in [-0.1, -0.05) is 80.6 Å². The number of piperidine rings is 2. The molecule has 63 heavy (non-hydrogen) atoms. The molecule has 1 N–H and O–H groups in total. The normalized spacial score (nSPS) is 26.0. The third kappa shape index (κ3) is 5.97. The van der Waals surface area contributed by atoms with Gasteiger partial charge in [0.1, 0.15) is 12.3 Å². The number of anilines is 1. The van der Waals surface area contributed by atoms with E-state index in [4.69, 9.17) is 9.47 Å². The predicted octanol–water partition coefficient (Wildman–Crippen LogP) is 9.17. The summed E-state index contributed by atoms with van der Waals surface area (Å²) in [6.07, 6.45) is 9.67. The minimum atomic E-state index is -0.474. The lowest BCUT2D eigenvalue weighted by molar-refractivity contribution is -0.141.